The van der Waals surface area contributed by atoms with Crippen LogP contribution in [0.2, 0.25) is 5.02 Å². The predicted molar refractivity (Wildman–Crippen MR) is 118 cm³/mol. The number of benzene rings is 1. The molecule has 0 saturated carbocycles. The molecule has 1 N–H and O–H groups in total. The van der Waals surface area contributed by atoms with Gasteiger partial charge in [-0.05, 0) is 43.2 Å². The maximum atomic E-state index is 12.2. The topological polar surface area (TPSA) is 100 Å². The molecular weight excluding hydrogens is 446 g/mol. The molecule has 1 aromatic carbocycles. The smallest absolute Gasteiger partial charge is 0.341 e. The zero-order valence-corrected chi connectivity index (χ0v) is 19.2. The summed E-state index contributed by atoms with van der Waals surface area (Å²) >= 11 is 7.37. The fourth-order valence-corrected chi connectivity index (χ4v) is 3.97. The van der Waals surface area contributed by atoms with Gasteiger partial charge in [0.15, 0.2) is 18.1 Å². The van der Waals surface area contributed by atoms with Gasteiger partial charge in [0, 0.05) is 11.0 Å². The highest BCUT2D eigenvalue weighted by atomic mass is 35.5. The fraction of sp³-hybridized carbons (Fsp3) is 0.286. The van der Waals surface area contributed by atoms with Crippen molar-refractivity contribution in [1.29, 1.82) is 0 Å². The van der Waals surface area contributed by atoms with Gasteiger partial charge >= 0.3 is 11.9 Å². The van der Waals surface area contributed by atoms with Gasteiger partial charge in [0.2, 0.25) is 0 Å². The van der Waals surface area contributed by atoms with Crippen LogP contribution in [0.3, 0.4) is 0 Å². The molecule has 0 saturated heterocycles. The molecule has 0 bridgehead atoms. The Labute approximate surface area is 188 Å². The Kier molecular flexibility index (Phi) is 8.47. The number of methoxy groups -OCH3 is 3. The molecule has 166 valence electrons. The number of rotatable bonds is 8. The van der Waals surface area contributed by atoms with Crippen LogP contribution >= 0.6 is 22.9 Å². The van der Waals surface area contributed by atoms with Crippen LogP contribution in [-0.2, 0) is 19.1 Å². The molecule has 2 rings (SSSR count). The lowest BCUT2D eigenvalue weighted by molar-refractivity contribution is -0.142. The van der Waals surface area contributed by atoms with Gasteiger partial charge in [-0.15, -0.1) is 11.3 Å². The van der Waals surface area contributed by atoms with Crippen molar-refractivity contribution in [2.75, 3.05) is 33.3 Å². The van der Waals surface area contributed by atoms with Gasteiger partial charge in [-0.2, -0.15) is 0 Å². The number of halogens is 1. The first-order chi connectivity index (χ1) is 14.7. The number of ether oxygens (including phenoxy) is 4. The van der Waals surface area contributed by atoms with Gasteiger partial charge in [-0.25, -0.2) is 9.59 Å². The monoisotopic (exact) mass is 467 g/mol. The van der Waals surface area contributed by atoms with Gasteiger partial charge in [-0.3, -0.25) is 4.79 Å². The molecule has 0 unspecified atom stereocenters. The van der Waals surface area contributed by atoms with Crippen LogP contribution in [0, 0.1) is 13.8 Å². The number of amides is 1. The molecule has 1 amide bonds. The first kappa shape index (κ1) is 24.2. The molecule has 8 nitrogen and oxygen atoms in total. The molecule has 31 heavy (non-hydrogen) atoms. The van der Waals surface area contributed by atoms with Crippen molar-refractivity contribution in [2.24, 2.45) is 0 Å². The third kappa shape index (κ3) is 5.99. The normalized spacial score (nSPS) is 10.6. The summed E-state index contributed by atoms with van der Waals surface area (Å²) < 4.78 is 20.1. The van der Waals surface area contributed by atoms with E-state index in [1.807, 2.05) is 6.92 Å². The Balaban J connectivity index is 1.99. The van der Waals surface area contributed by atoms with Crippen molar-refractivity contribution in [3.63, 3.8) is 0 Å². The Morgan fingerprint density at radius 2 is 1.84 bits per heavy atom. The van der Waals surface area contributed by atoms with Crippen molar-refractivity contribution in [2.45, 2.75) is 13.8 Å². The number of carbonyl (C=O) groups excluding carboxylic acids is 3. The molecule has 0 atom stereocenters. The number of anilines is 1. The van der Waals surface area contributed by atoms with Crippen LogP contribution in [0.5, 0.6) is 11.5 Å². The van der Waals surface area contributed by atoms with Gasteiger partial charge < -0.3 is 24.3 Å². The van der Waals surface area contributed by atoms with E-state index in [2.05, 4.69) is 5.32 Å². The lowest BCUT2D eigenvalue weighted by Crippen LogP contribution is -2.21. The number of esters is 2. The highest BCUT2D eigenvalue weighted by Gasteiger charge is 2.21. The molecule has 2 aromatic rings. The highest BCUT2D eigenvalue weighted by Crippen LogP contribution is 2.36. The summed E-state index contributed by atoms with van der Waals surface area (Å²) in [6, 6.07) is 3.23. The molecule has 0 spiro atoms. The average Bonchev–Trinajstić information content (AvgIpc) is 3.02. The maximum absolute atomic E-state index is 12.2. The Bertz CT molecular complexity index is 1030. The summed E-state index contributed by atoms with van der Waals surface area (Å²) in [6.45, 7) is 3.07. The minimum Gasteiger partial charge on any atom is -0.493 e. The molecule has 0 fully saturated rings. The number of nitrogens with one attached hydrogen (secondary N) is 1. The quantitative estimate of drug-likeness (QED) is 0.462. The lowest BCUT2D eigenvalue weighted by Gasteiger charge is -2.10. The number of thiophene rings is 1. The summed E-state index contributed by atoms with van der Waals surface area (Å²) in [5.41, 5.74) is 1.59. The fourth-order valence-electron chi connectivity index (χ4n) is 2.61. The second-order valence-electron chi connectivity index (χ2n) is 6.21. The SMILES string of the molecule is COC(=O)c1c(NC(=O)COC(=O)/C=C/c2cc(Cl)c(OC)c(OC)c2)sc(C)c1C. The van der Waals surface area contributed by atoms with E-state index in [-0.39, 0.29) is 5.56 Å². The van der Waals surface area contributed by atoms with Crippen molar-refractivity contribution >= 4 is 51.9 Å². The van der Waals surface area contributed by atoms with Crippen LogP contribution in [0.25, 0.3) is 6.08 Å². The van der Waals surface area contributed by atoms with Crippen LogP contribution in [0.4, 0.5) is 5.00 Å². The summed E-state index contributed by atoms with van der Waals surface area (Å²) in [4.78, 5) is 37.0. The van der Waals surface area contributed by atoms with E-state index in [4.69, 9.17) is 30.5 Å². The Hall–Kier alpha value is -3.04. The number of hydrogen-bond donors (Lipinski definition) is 1. The number of aryl methyl sites for hydroxylation is 1. The first-order valence-corrected chi connectivity index (χ1v) is 10.2. The Morgan fingerprint density at radius 1 is 1.13 bits per heavy atom. The van der Waals surface area contributed by atoms with Crippen molar-refractivity contribution in [3.8, 4) is 11.5 Å². The zero-order valence-electron chi connectivity index (χ0n) is 17.7. The van der Waals surface area contributed by atoms with E-state index in [0.717, 1.165) is 16.5 Å². The standard InChI is InChI=1S/C21H22ClNO7S/c1-11-12(2)31-20(18(11)21(26)29-5)23-16(24)10-30-17(25)7-6-13-8-14(22)19(28-4)15(9-13)27-3/h6-9H,10H2,1-5H3,(H,23,24)/b7-6+. The van der Waals surface area contributed by atoms with Crippen LogP contribution in [-0.4, -0.2) is 45.8 Å². The molecule has 0 aliphatic rings. The van der Waals surface area contributed by atoms with E-state index in [1.165, 1.54) is 38.7 Å². The van der Waals surface area contributed by atoms with Crippen molar-refractivity contribution in [1.82, 2.24) is 0 Å². The summed E-state index contributed by atoms with van der Waals surface area (Å²) in [5, 5.41) is 3.24. The molecule has 0 radical (unpaired) electrons. The minimum atomic E-state index is -0.729. The zero-order chi connectivity index (χ0) is 23.1. The van der Waals surface area contributed by atoms with Crippen molar-refractivity contribution in [3.05, 3.63) is 44.8 Å². The van der Waals surface area contributed by atoms with E-state index < -0.39 is 24.5 Å². The lowest BCUT2D eigenvalue weighted by atomic mass is 10.1. The molecule has 0 aliphatic heterocycles. The van der Waals surface area contributed by atoms with Gasteiger partial charge in [0.1, 0.15) is 5.00 Å². The summed E-state index contributed by atoms with van der Waals surface area (Å²) in [7, 11) is 4.20. The van der Waals surface area contributed by atoms with Gasteiger partial charge in [0.25, 0.3) is 5.91 Å². The number of hydrogen-bond acceptors (Lipinski definition) is 8. The average molecular weight is 468 g/mol. The second-order valence-corrected chi connectivity index (χ2v) is 7.84. The molecule has 1 aromatic heterocycles. The molecular formula is C21H22ClNO7S. The summed E-state index contributed by atoms with van der Waals surface area (Å²) in [6.07, 6.45) is 2.62. The van der Waals surface area contributed by atoms with Crippen LogP contribution < -0.4 is 14.8 Å². The number of carbonyl (C=O) groups is 3. The van der Waals surface area contributed by atoms with Crippen LogP contribution in [0.15, 0.2) is 18.2 Å². The van der Waals surface area contributed by atoms with Gasteiger partial charge in [0.05, 0.1) is 31.9 Å². The highest BCUT2D eigenvalue weighted by molar-refractivity contribution is 7.16. The van der Waals surface area contributed by atoms with E-state index in [0.29, 0.717) is 27.1 Å². The first-order valence-electron chi connectivity index (χ1n) is 8.96. The van der Waals surface area contributed by atoms with Crippen molar-refractivity contribution < 1.29 is 33.3 Å². The van der Waals surface area contributed by atoms with E-state index in [1.54, 1.807) is 19.1 Å². The largest absolute Gasteiger partial charge is 0.493 e. The van der Waals surface area contributed by atoms with E-state index in [9.17, 15) is 14.4 Å². The molecule has 0 aliphatic carbocycles. The second kappa shape index (κ2) is 10.8. The summed E-state index contributed by atoms with van der Waals surface area (Å²) in [5.74, 6) is -1.07. The maximum Gasteiger partial charge on any atom is 0.341 e. The third-order valence-corrected chi connectivity index (χ3v) is 5.64. The molecule has 1 heterocycles. The van der Waals surface area contributed by atoms with Gasteiger partial charge in [-0.1, -0.05) is 11.6 Å². The predicted octanol–water partition coefficient (Wildman–Crippen LogP) is 4.02. The minimum absolute atomic E-state index is 0.287. The van der Waals surface area contributed by atoms with E-state index >= 15 is 0 Å². The van der Waals surface area contributed by atoms with Crippen LogP contribution in [0.1, 0.15) is 26.4 Å². The molecule has 10 heteroatoms. The third-order valence-electron chi connectivity index (χ3n) is 4.24. The Morgan fingerprint density at radius 3 is 2.45 bits per heavy atom.